The van der Waals surface area contributed by atoms with Gasteiger partial charge in [0.15, 0.2) is 0 Å². The first kappa shape index (κ1) is 11.6. The van der Waals surface area contributed by atoms with E-state index in [1.807, 2.05) is 24.0 Å². The fourth-order valence-corrected chi connectivity index (χ4v) is 2.83. The van der Waals surface area contributed by atoms with Gasteiger partial charge in [-0.3, -0.25) is 0 Å². The monoisotopic (exact) mass is 222 g/mol. The number of aliphatic hydroxyl groups is 1. The zero-order valence-electron chi connectivity index (χ0n) is 10.5. The Morgan fingerprint density at radius 1 is 1.44 bits per heavy atom. The lowest BCUT2D eigenvalue weighted by molar-refractivity contribution is 0.0286. The topological polar surface area (TPSA) is 38.0 Å². The van der Waals surface area contributed by atoms with Crippen LogP contribution in [0.3, 0.4) is 0 Å². The molecule has 0 amide bonds. The molecular formula is C13H22N2O. The van der Waals surface area contributed by atoms with Gasteiger partial charge in [-0.05, 0) is 31.1 Å². The summed E-state index contributed by atoms with van der Waals surface area (Å²) in [4.78, 5) is 4.30. The number of nitrogens with zero attached hydrogens (tertiary/aromatic N) is 2. The lowest BCUT2D eigenvalue weighted by atomic mass is 9.87. The molecule has 1 aromatic heterocycles. The number of hydrogen-bond donors (Lipinski definition) is 1. The first-order valence-corrected chi connectivity index (χ1v) is 6.09. The van der Waals surface area contributed by atoms with Crippen LogP contribution in [0.15, 0.2) is 12.4 Å². The fraction of sp³-hybridized carbons (Fsp3) is 0.769. The van der Waals surface area contributed by atoms with Crippen LogP contribution in [0.1, 0.15) is 45.4 Å². The van der Waals surface area contributed by atoms with E-state index in [0.29, 0.717) is 5.41 Å². The van der Waals surface area contributed by atoms with Crippen molar-refractivity contribution in [1.82, 2.24) is 9.55 Å². The van der Waals surface area contributed by atoms with Gasteiger partial charge in [0.1, 0.15) is 5.82 Å². The third-order valence-electron chi connectivity index (χ3n) is 3.81. The molecule has 3 heteroatoms. The minimum absolute atomic E-state index is 0.302. The predicted octanol–water partition coefficient (Wildman–Crippen LogP) is 2.29. The molecule has 1 aliphatic rings. The molecular weight excluding hydrogens is 200 g/mol. The van der Waals surface area contributed by atoms with Crippen molar-refractivity contribution in [2.45, 2.75) is 51.6 Å². The van der Waals surface area contributed by atoms with Crippen molar-refractivity contribution in [2.24, 2.45) is 12.5 Å². The molecule has 0 saturated heterocycles. The van der Waals surface area contributed by atoms with Crippen molar-refractivity contribution in [3.63, 3.8) is 0 Å². The second-order valence-electron chi connectivity index (χ2n) is 6.02. The van der Waals surface area contributed by atoms with Crippen LogP contribution < -0.4 is 0 Å². The van der Waals surface area contributed by atoms with Crippen LogP contribution in [0.5, 0.6) is 0 Å². The summed E-state index contributed by atoms with van der Waals surface area (Å²) in [6.45, 7) is 4.48. The lowest BCUT2D eigenvalue weighted by Gasteiger charge is -2.25. The van der Waals surface area contributed by atoms with Gasteiger partial charge < -0.3 is 9.67 Å². The minimum Gasteiger partial charge on any atom is -0.390 e. The van der Waals surface area contributed by atoms with Gasteiger partial charge in [0, 0.05) is 25.9 Å². The molecule has 0 spiro atoms. The van der Waals surface area contributed by atoms with Crippen LogP contribution in [0.2, 0.25) is 0 Å². The van der Waals surface area contributed by atoms with Gasteiger partial charge in [-0.1, -0.05) is 13.8 Å². The zero-order chi connectivity index (χ0) is 11.8. The van der Waals surface area contributed by atoms with Crippen LogP contribution in [0.25, 0.3) is 0 Å². The first-order chi connectivity index (χ1) is 7.40. The highest BCUT2D eigenvalue weighted by molar-refractivity contribution is 4.98. The molecule has 2 rings (SSSR count). The molecule has 0 radical (unpaired) electrons. The average Bonchev–Trinajstić information content (AvgIpc) is 2.69. The van der Waals surface area contributed by atoms with Crippen molar-refractivity contribution >= 4 is 0 Å². The Bertz CT molecular complexity index is 370. The van der Waals surface area contributed by atoms with Crippen LogP contribution >= 0.6 is 0 Å². The summed E-state index contributed by atoms with van der Waals surface area (Å²) in [6.07, 6.45) is 8.46. The molecule has 1 aliphatic carbocycles. The van der Waals surface area contributed by atoms with Crippen LogP contribution in [-0.4, -0.2) is 20.3 Å². The van der Waals surface area contributed by atoms with Crippen LogP contribution in [-0.2, 0) is 13.5 Å². The summed E-state index contributed by atoms with van der Waals surface area (Å²) in [5.74, 6) is 1.07. The van der Waals surface area contributed by atoms with Gasteiger partial charge >= 0.3 is 0 Å². The molecule has 0 aliphatic heterocycles. The highest BCUT2D eigenvalue weighted by Crippen LogP contribution is 2.45. The SMILES string of the molecule is Cn1ccnc1CCC1(O)CCC(C)(C)C1. The summed E-state index contributed by atoms with van der Waals surface area (Å²) in [5.41, 5.74) is -0.161. The van der Waals surface area contributed by atoms with E-state index in [2.05, 4.69) is 18.8 Å². The molecule has 1 fully saturated rings. The maximum atomic E-state index is 10.5. The molecule has 16 heavy (non-hydrogen) atoms. The summed E-state index contributed by atoms with van der Waals surface area (Å²) in [6, 6.07) is 0. The van der Waals surface area contributed by atoms with Gasteiger partial charge in [-0.25, -0.2) is 4.98 Å². The Kier molecular flexibility index (Phi) is 2.82. The lowest BCUT2D eigenvalue weighted by Crippen LogP contribution is -2.27. The van der Waals surface area contributed by atoms with Crippen molar-refractivity contribution in [1.29, 1.82) is 0 Å². The quantitative estimate of drug-likeness (QED) is 0.852. The maximum Gasteiger partial charge on any atom is 0.108 e. The standard InChI is InChI=1S/C13H22N2O/c1-12(2)6-7-13(16,10-12)5-4-11-14-8-9-15(11)3/h8-9,16H,4-7,10H2,1-3H3. The maximum absolute atomic E-state index is 10.5. The normalized spacial score (nSPS) is 28.5. The molecule has 1 aromatic rings. The average molecular weight is 222 g/mol. The van der Waals surface area contributed by atoms with Crippen LogP contribution in [0.4, 0.5) is 0 Å². The van der Waals surface area contributed by atoms with Crippen molar-refractivity contribution in [2.75, 3.05) is 0 Å². The van der Waals surface area contributed by atoms with E-state index in [9.17, 15) is 5.11 Å². The van der Waals surface area contributed by atoms with Gasteiger partial charge in [0.2, 0.25) is 0 Å². The van der Waals surface area contributed by atoms with Gasteiger partial charge in [0.25, 0.3) is 0 Å². The molecule has 90 valence electrons. The fourth-order valence-electron chi connectivity index (χ4n) is 2.83. The van der Waals surface area contributed by atoms with E-state index in [-0.39, 0.29) is 0 Å². The Morgan fingerprint density at radius 3 is 2.69 bits per heavy atom. The number of imidazole rings is 1. The minimum atomic E-state index is -0.463. The highest BCUT2D eigenvalue weighted by Gasteiger charge is 2.41. The van der Waals surface area contributed by atoms with Gasteiger partial charge in [-0.2, -0.15) is 0 Å². The molecule has 1 heterocycles. The Hall–Kier alpha value is -0.830. The highest BCUT2D eigenvalue weighted by atomic mass is 16.3. The Morgan fingerprint density at radius 2 is 2.19 bits per heavy atom. The molecule has 1 unspecified atom stereocenters. The van der Waals surface area contributed by atoms with Gasteiger partial charge in [0.05, 0.1) is 5.60 Å². The van der Waals surface area contributed by atoms with Crippen molar-refractivity contribution < 1.29 is 5.11 Å². The number of aryl methyl sites for hydroxylation is 2. The van der Waals surface area contributed by atoms with Crippen molar-refractivity contribution in [3.8, 4) is 0 Å². The third-order valence-corrected chi connectivity index (χ3v) is 3.81. The largest absolute Gasteiger partial charge is 0.390 e. The smallest absolute Gasteiger partial charge is 0.108 e. The second-order valence-corrected chi connectivity index (χ2v) is 6.02. The summed E-state index contributed by atoms with van der Waals surface area (Å²) >= 11 is 0. The molecule has 0 aromatic carbocycles. The summed E-state index contributed by atoms with van der Waals surface area (Å²) in [5, 5.41) is 10.5. The van der Waals surface area contributed by atoms with E-state index < -0.39 is 5.60 Å². The Labute approximate surface area is 97.5 Å². The number of rotatable bonds is 3. The third kappa shape index (κ3) is 2.46. The van der Waals surface area contributed by atoms with Crippen molar-refractivity contribution in [3.05, 3.63) is 18.2 Å². The Balaban J connectivity index is 1.94. The number of aromatic nitrogens is 2. The van der Waals surface area contributed by atoms with E-state index in [4.69, 9.17) is 0 Å². The molecule has 1 N–H and O–H groups in total. The van der Waals surface area contributed by atoms with E-state index in [0.717, 1.165) is 37.9 Å². The van der Waals surface area contributed by atoms with E-state index in [1.54, 1.807) is 0 Å². The molecule has 1 saturated carbocycles. The first-order valence-electron chi connectivity index (χ1n) is 6.09. The van der Waals surface area contributed by atoms with E-state index >= 15 is 0 Å². The summed E-state index contributed by atoms with van der Waals surface area (Å²) < 4.78 is 2.03. The summed E-state index contributed by atoms with van der Waals surface area (Å²) in [7, 11) is 2.00. The van der Waals surface area contributed by atoms with Gasteiger partial charge in [-0.15, -0.1) is 0 Å². The predicted molar refractivity (Wildman–Crippen MR) is 64.1 cm³/mol. The second kappa shape index (κ2) is 3.88. The number of hydrogen-bond acceptors (Lipinski definition) is 2. The molecule has 0 bridgehead atoms. The molecule has 3 nitrogen and oxygen atoms in total. The zero-order valence-corrected chi connectivity index (χ0v) is 10.5. The molecule has 1 atom stereocenters. The van der Waals surface area contributed by atoms with E-state index in [1.165, 1.54) is 0 Å². The van der Waals surface area contributed by atoms with Crippen LogP contribution in [0, 0.1) is 5.41 Å².